The number of amides is 1. The van der Waals surface area contributed by atoms with Crippen LogP contribution >= 0.6 is 11.6 Å². The van der Waals surface area contributed by atoms with Crippen LogP contribution in [0.5, 0.6) is 0 Å². The lowest BCUT2D eigenvalue weighted by Crippen LogP contribution is -2.31. The number of carbonyl (C=O) groups excluding carboxylic acids is 1. The highest BCUT2D eigenvalue weighted by Crippen LogP contribution is 2.37. The van der Waals surface area contributed by atoms with Crippen LogP contribution in [0.4, 0.5) is 10.5 Å². The molecule has 2 aromatic carbocycles. The van der Waals surface area contributed by atoms with Gasteiger partial charge in [-0.05, 0) is 63.1 Å². The Labute approximate surface area is 177 Å². The van der Waals surface area contributed by atoms with Crippen LogP contribution in [0.3, 0.4) is 0 Å². The van der Waals surface area contributed by atoms with Gasteiger partial charge in [-0.3, -0.25) is 5.32 Å². The Hall–Kier alpha value is -2.72. The maximum Gasteiger partial charge on any atom is 0.412 e. The van der Waals surface area contributed by atoms with Crippen LogP contribution < -0.4 is 5.32 Å². The summed E-state index contributed by atoms with van der Waals surface area (Å²) in [5.74, 6) is 0. The van der Waals surface area contributed by atoms with E-state index in [1.807, 2.05) is 81.6 Å². The Morgan fingerprint density at radius 1 is 1.17 bits per heavy atom. The third-order valence-electron chi connectivity index (χ3n) is 5.02. The Morgan fingerprint density at radius 2 is 1.86 bits per heavy atom. The van der Waals surface area contributed by atoms with Gasteiger partial charge in [-0.25, -0.2) is 4.79 Å². The molecule has 0 radical (unpaired) electrons. The van der Waals surface area contributed by atoms with Gasteiger partial charge in [-0.15, -0.1) is 6.58 Å². The average Bonchev–Trinajstić information content (AvgIpc) is 3.09. The van der Waals surface area contributed by atoms with E-state index in [9.17, 15) is 4.79 Å². The number of anilines is 1. The number of hydrogen-bond acceptors (Lipinski definition) is 2. The van der Waals surface area contributed by atoms with Crippen molar-refractivity contribution in [1.82, 2.24) is 4.57 Å². The summed E-state index contributed by atoms with van der Waals surface area (Å²) >= 11 is 6.10. The third kappa shape index (κ3) is 4.18. The van der Waals surface area contributed by atoms with Crippen LogP contribution in [-0.4, -0.2) is 16.3 Å². The summed E-state index contributed by atoms with van der Waals surface area (Å²) in [4.78, 5) is 12.3. The highest BCUT2D eigenvalue weighted by Gasteiger charge is 2.30. The highest BCUT2D eigenvalue weighted by atomic mass is 35.5. The zero-order valence-electron chi connectivity index (χ0n) is 17.3. The first kappa shape index (κ1) is 21.0. The van der Waals surface area contributed by atoms with Gasteiger partial charge in [0.25, 0.3) is 0 Å². The number of allylic oxidation sites excluding steroid dienone is 1. The molecule has 0 aliphatic heterocycles. The Bertz CT molecular complexity index is 1030. The van der Waals surface area contributed by atoms with Gasteiger partial charge in [0.15, 0.2) is 0 Å². The maximum atomic E-state index is 12.3. The first-order valence-corrected chi connectivity index (χ1v) is 10.1. The minimum absolute atomic E-state index is 0.434. The molecule has 0 saturated carbocycles. The summed E-state index contributed by atoms with van der Waals surface area (Å²) < 4.78 is 7.60. The molecular formula is C24H27ClN2O2. The first-order chi connectivity index (χ1) is 13.7. The van der Waals surface area contributed by atoms with E-state index in [-0.39, 0.29) is 0 Å². The van der Waals surface area contributed by atoms with Gasteiger partial charge in [0, 0.05) is 16.6 Å². The van der Waals surface area contributed by atoms with Crippen LogP contribution in [0.15, 0.2) is 67.4 Å². The topological polar surface area (TPSA) is 43.3 Å². The molecule has 0 saturated heterocycles. The molecule has 3 aromatic rings. The standard InChI is InChI=1S/C24H27ClN2O2/c1-6-24(7-2,17-11-13-18(25)14-12-17)27-16-15-19-20(9-8-10-21(19)27)26-22(28)29-23(3,4)5/h6,8-16H,1,7H2,2-5H3,(H,26,28). The summed E-state index contributed by atoms with van der Waals surface area (Å²) in [5, 5.41) is 4.51. The SMILES string of the molecule is C=CC(CC)(c1ccc(Cl)cc1)n1ccc2c(NC(=O)OC(C)(C)C)cccc21. The van der Waals surface area contributed by atoms with E-state index < -0.39 is 17.2 Å². The number of benzene rings is 2. The summed E-state index contributed by atoms with van der Waals surface area (Å²) in [7, 11) is 0. The molecule has 1 N–H and O–H groups in total. The molecule has 4 nitrogen and oxygen atoms in total. The van der Waals surface area contributed by atoms with Crippen LogP contribution in [-0.2, 0) is 10.3 Å². The minimum Gasteiger partial charge on any atom is -0.444 e. The molecule has 5 heteroatoms. The zero-order chi connectivity index (χ0) is 21.2. The van der Waals surface area contributed by atoms with E-state index in [0.29, 0.717) is 10.7 Å². The number of ether oxygens (including phenoxy) is 1. The van der Waals surface area contributed by atoms with Crippen LogP contribution in [0.1, 0.15) is 39.7 Å². The fraction of sp³-hybridized carbons (Fsp3) is 0.292. The van der Waals surface area contributed by atoms with Crippen molar-refractivity contribution in [1.29, 1.82) is 0 Å². The molecular weight excluding hydrogens is 384 g/mol. The predicted octanol–water partition coefficient (Wildman–Crippen LogP) is 6.98. The van der Waals surface area contributed by atoms with E-state index in [0.717, 1.165) is 22.9 Å². The zero-order valence-corrected chi connectivity index (χ0v) is 18.1. The van der Waals surface area contributed by atoms with E-state index in [1.54, 1.807) is 0 Å². The van der Waals surface area contributed by atoms with E-state index >= 15 is 0 Å². The fourth-order valence-corrected chi connectivity index (χ4v) is 3.78. The second kappa shape index (κ2) is 7.96. The number of carbonyl (C=O) groups is 1. The third-order valence-corrected chi connectivity index (χ3v) is 5.27. The van der Waals surface area contributed by atoms with Gasteiger partial charge in [0.1, 0.15) is 5.60 Å². The molecule has 3 rings (SSSR count). The Kier molecular flexibility index (Phi) is 5.76. The van der Waals surface area contributed by atoms with Gasteiger partial charge in [-0.1, -0.05) is 42.8 Å². The molecule has 0 bridgehead atoms. The molecule has 29 heavy (non-hydrogen) atoms. The molecule has 0 fully saturated rings. The number of nitrogens with one attached hydrogen (secondary N) is 1. The van der Waals surface area contributed by atoms with E-state index in [2.05, 4.69) is 23.4 Å². The van der Waals surface area contributed by atoms with Crippen molar-refractivity contribution >= 4 is 34.3 Å². The van der Waals surface area contributed by atoms with Crippen molar-refractivity contribution in [3.63, 3.8) is 0 Å². The molecule has 1 heterocycles. The van der Waals surface area contributed by atoms with Crippen molar-refractivity contribution in [2.45, 2.75) is 45.3 Å². The number of halogens is 1. The van der Waals surface area contributed by atoms with Crippen molar-refractivity contribution < 1.29 is 9.53 Å². The maximum absolute atomic E-state index is 12.3. The Morgan fingerprint density at radius 3 is 2.45 bits per heavy atom. The number of aromatic nitrogens is 1. The van der Waals surface area contributed by atoms with Crippen molar-refractivity contribution in [3.8, 4) is 0 Å². The van der Waals surface area contributed by atoms with Gasteiger partial charge in [0.2, 0.25) is 0 Å². The quantitative estimate of drug-likeness (QED) is 0.461. The van der Waals surface area contributed by atoms with Gasteiger partial charge in [0.05, 0.1) is 16.7 Å². The molecule has 0 aliphatic carbocycles. The average molecular weight is 411 g/mol. The highest BCUT2D eigenvalue weighted by molar-refractivity contribution is 6.30. The van der Waals surface area contributed by atoms with Gasteiger partial charge in [-0.2, -0.15) is 0 Å². The summed E-state index contributed by atoms with van der Waals surface area (Å²) in [5.41, 5.74) is 1.81. The minimum atomic E-state index is -0.557. The van der Waals surface area contributed by atoms with E-state index in [4.69, 9.17) is 16.3 Å². The molecule has 152 valence electrons. The second-order valence-corrected chi connectivity index (χ2v) is 8.48. The van der Waals surface area contributed by atoms with Crippen molar-refractivity contribution in [2.24, 2.45) is 0 Å². The van der Waals surface area contributed by atoms with Gasteiger partial charge >= 0.3 is 6.09 Å². The number of nitrogens with zero attached hydrogens (tertiary/aromatic N) is 1. The number of hydrogen-bond donors (Lipinski definition) is 1. The first-order valence-electron chi connectivity index (χ1n) is 9.70. The fourth-order valence-electron chi connectivity index (χ4n) is 3.65. The normalized spacial score (nSPS) is 13.7. The molecule has 0 spiro atoms. The molecule has 1 aromatic heterocycles. The molecule has 1 unspecified atom stereocenters. The number of fused-ring (bicyclic) bond motifs is 1. The largest absolute Gasteiger partial charge is 0.444 e. The summed E-state index contributed by atoms with van der Waals surface area (Å²) in [6, 6.07) is 15.7. The van der Waals surface area contributed by atoms with Crippen LogP contribution in [0.25, 0.3) is 10.9 Å². The smallest absolute Gasteiger partial charge is 0.412 e. The summed E-state index contributed by atoms with van der Waals surface area (Å²) in [6.45, 7) is 11.8. The monoisotopic (exact) mass is 410 g/mol. The van der Waals surface area contributed by atoms with Gasteiger partial charge < -0.3 is 9.30 Å². The molecule has 1 amide bonds. The molecule has 1 atom stereocenters. The van der Waals surface area contributed by atoms with Crippen molar-refractivity contribution in [2.75, 3.05) is 5.32 Å². The van der Waals surface area contributed by atoms with Crippen molar-refractivity contribution in [3.05, 3.63) is 78.0 Å². The lowest BCUT2D eigenvalue weighted by atomic mass is 9.86. The van der Waals surface area contributed by atoms with Crippen LogP contribution in [0, 0.1) is 0 Å². The Balaban J connectivity index is 2.07. The lowest BCUT2D eigenvalue weighted by molar-refractivity contribution is 0.0636. The van der Waals surface area contributed by atoms with Crippen LogP contribution in [0.2, 0.25) is 5.02 Å². The lowest BCUT2D eigenvalue weighted by Gasteiger charge is -2.33. The number of rotatable bonds is 5. The predicted molar refractivity (Wildman–Crippen MR) is 121 cm³/mol. The summed E-state index contributed by atoms with van der Waals surface area (Å²) in [6.07, 6.45) is 4.33. The molecule has 0 aliphatic rings. The van der Waals surface area contributed by atoms with E-state index in [1.165, 1.54) is 0 Å². The second-order valence-electron chi connectivity index (χ2n) is 8.04.